The molecule has 4 rings (SSSR count). The Hall–Kier alpha value is -2.37. The number of imide groups is 1. The number of hydrogen-bond acceptors (Lipinski definition) is 3. The highest BCUT2D eigenvalue weighted by atomic mass is 16.2. The number of carbonyl (C=O) groups is 3. The lowest BCUT2D eigenvalue weighted by atomic mass is 9.75. The van der Waals surface area contributed by atoms with E-state index in [9.17, 15) is 14.4 Å². The van der Waals surface area contributed by atoms with Crippen LogP contribution in [0.1, 0.15) is 63.5 Å². The van der Waals surface area contributed by atoms with Gasteiger partial charge in [0.1, 0.15) is 12.1 Å². The minimum absolute atomic E-state index is 0.0309. The Morgan fingerprint density at radius 1 is 1.14 bits per heavy atom. The van der Waals surface area contributed by atoms with Gasteiger partial charge in [0.25, 0.3) is 5.91 Å². The lowest BCUT2D eigenvalue weighted by Crippen LogP contribution is -2.50. The van der Waals surface area contributed by atoms with E-state index >= 15 is 0 Å². The molecule has 28 heavy (non-hydrogen) atoms. The van der Waals surface area contributed by atoms with Crippen molar-refractivity contribution in [2.24, 2.45) is 5.92 Å². The number of nitrogens with one attached hydrogen (secondary N) is 1. The molecule has 1 unspecified atom stereocenters. The van der Waals surface area contributed by atoms with Crippen molar-refractivity contribution in [1.29, 1.82) is 0 Å². The summed E-state index contributed by atoms with van der Waals surface area (Å²) < 4.78 is 0. The van der Waals surface area contributed by atoms with E-state index in [1.165, 1.54) is 0 Å². The van der Waals surface area contributed by atoms with E-state index in [0.29, 0.717) is 25.3 Å². The molecule has 1 atom stereocenters. The Bertz CT molecular complexity index is 756. The molecule has 3 fully saturated rings. The molecule has 0 bridgehead atoms. The number of likely N-dealkylation sites (tertiary alicyclic amines) is 1. The van der Waals surface area contributed by atoms with Gasteiger partial charge in [-0.15, -0.1) is 0 Å². The van der Waals surface area contributed by atoms with Crippen LogP contribution in [0.5, 0.6) is 0 Å². The number of nitrogens with zero attached hydrogens (tertiary/aromatic N) is 2. The smallest absolute Gasteiger partial charge is 0.325 e. The molecular weight excluding hydrogens is 354 g/mol. The van der Waals surface area contributed by atoms with Crippen LogP contribution >= 0.6 is 0 Å². The van der Waals surface area contributed by atoms with Crippen LogP contribution in [0.25, 0.3) is 0 Å². The molecule has 150 valence electrons. The summed E-state index contributed by atoms with van der Waals surface area (Å²) in [4.78, 5) is 41.6. The fraction of sp³-hybridized carbons (Fsp3) is 0.591. The Balaban J connectivity index is 1.44. The van der Waals surface area contributed by atoms with Gasteiger partial charge in [0.2, 0.25) is 5.91 Å². The summed E-state index contributed by atoms with van der Waals surface area (Å²) in [6, 6.07) is 9.60. The first-order chi connectivity index (χ1) is 13.5. The van der Waals surface area contributed by atoms with E-state index in [1.807, 2.05) is 35.2 Å². The van der Waals surface area contributed by atoms with Gasteiger partial charge in [-0.2, -0.15) is 0 Å². The van der Waals surface area contributed by atoms with Crippen molar-refractivity contribution in [3.05, 3.63) is 35.9 Å². The maximum Gasteiger partial charge on any atom is 0.325 e. The van der Waals surface area contributed by atoms with E-state index in [4.69, 9.17) is 0 Å². The number of carbonyl (C=O) groups excluding carboxylic acids is 3. The van der Waals surface area contributed by atoms with Crippen LogP contribution in [0.3, 0.4) is 0 Å². The van der Waals surface area contributed by atoms with Crippen LogP contribution in [0.15, 0.2) is 30.3 Å². The monoisotopic (exact) mass is 383 g/mol. The Morgan fingerprint density at radius 2 is 1.86 bits per heavy atom. The van der Waals surface area contributed by atoms with Gasteiger partial charge in [-0.25, -0.2) is 4.79 Å². The van der Waals surface area contributed by atoms with Crippen LogP contribution in [0.4, 0.5) is 4.79 Å². The Kier molecular flexibility index (Phi) is 5.13. The van der Waals surface area contributed by atoms with Gasteiger partial charge in [0, 0.05) is 6.54 Å². The van der Waals surface area contributed by atoms with E-state index < -0.39 is 11.6 Å². The fourth-order valence-electron chi connectivity index (χ4n) is 5.05. The highest BCUT2D eigenvalue weighted by molar-refractivity contribution is 6.09. The number of amides is 4. The number of benzene rings is 1. The van der Waals surface area contributed by atoms with E-state index in [1.54, 1.807) is 0 Å². The SMILES string of the molecule is CCC1CCC2(CC1)NC(=O)N(CC(=O)N1CCCC1c1ccccc1)C2=O. The lowest BCUT2D eigenvalue weighted by molar-refractivity contribution is -0.140. The second-order valence-corrected chi connectivity index (χ2v) is 8.41. The van der Waals surface area contributed by atoms with E-state index in [-0.39, 0.29) is 24.4 Å². The third-order valence-electron chi connectivity index (χ3n) is 6.83. The third-order valence-corrected chi connectivity index (χ3v) is 6.83. The molecule has 2 aliphatic heterocycles. The highest BCUT2D eigenvalue weighted by Crippen LogP contribution is 2.38. The van der Waals surface area contributed by atoms with E-state index in [0.717, 1.165) is 42.6 Å². The number of hydrogen-bond donors (Lipinski definition) is 1. The summed E-state index contributed by atoms with van der Waals surface area (Å²) in [7, 11) is 0. The number of urea groups is 1. The maximum atomic E-state index is 13.1. The van der Waals surface area contributed by atoms with Gasteiger partial charge in [-0.3, -0.25) is 14.5 Å². The minimum atomic E-state index is -0.785. The summed E-state index contributed by atoms with van der Waals surface area (Å²) in [5, 5.41) is 2.92. The maximum absolute atomic E-state index is 13.1. The number of rotatable bonds is 4. The highest BCUT2D eigenvalue weighted by Gasteiger charge is 2.53. The molecule has 1 spiro atoms. The molecule has 3 aliphatic rings. The van der Waals surface area contributed by atoms with Gasteiger partial charge in [0.15, 0.2) is 0 Å². The van der Waals surface area contributed by atoms with Crippen molar-refractivity contribution in [2.45, 2.75) is 63.5 Å². The molecule has 6 nitrogen and oxygen atoms in total. The van der Waals surface area contributed by atoms with Crippen molar-refractivity contribution in [3.8, 4) is 0 Å². The molecule has 1 saturated carbocycles. The Labute approximate surface area is 166 Å². The Morgan fingerprint density at radius 3 is 2.54 bits per heavy atom. The zero-order valence-electron chi connectivity index (χ0n) is 16.5. The van der Waals surface area contributed by atoms with Crippen LogP contribution in [-0.2, 0) is 9.59 Å². The molecule has 2 heterocycles. The molecule has 0 radical (unpaired) electrons. The summed E-state index contributed by atoms with van der Waals surface area (Å²) >= 11 is 0. The standard InChI is InChI=1S/C22H29N3O3/c1-2-16-10-12-22(13-11-16)20(27)25(21(28)23-22)15-19(26)24-14-6-9-18(24)17-7-4-3-5-8-17/h3-5,7-8,16,18H,2,6,9-15H2,1H3,(H,23,28). The molecular formula is C22H29N3O3. The van der Waals surface area contributed by atoms with Gasteiger partial charge in [-0.1, -0.05) is 43.7 Å². The van der Waals surface area contributed by atoms with Crippen LogP contribution < -0.4 is 5.32 Å². The average Bonchev–Trinajstić information content (AvgIpc) is 3.29. The van der Waals surface area contributed by atoms with Gasteiger partial charge in [0.05, 0.1) is 6.04 Å². The fourth-order valence-corrected chi connectivity index (χ4v) is 5.05. The first-order valence-electron chi connectivity index (χ1n) is 10.5. The van der Waals surface area contributed by atoms with Gasteiger partial charge in [-0.05, 0) is 50.0 Å². The van der Waals surface area contributed by atoms with Crippen LogP contribution in [0.2, 0.25) is 0 Å². The third kappa shape index (κ3) is 3.29. The van der Waals surface area contributed by atoms with Crippen molar-refractivity contribution in [3.63, 3.8) is 0 Å². The first-order valence-corrected chi connectivity index (χ1v) is 10.5. The largest absolute Gasteiger partial charge is 0.334 e. The summed E-state index contributed by atoms with van der Waals surface area (Å²) in [5.74, 6) is 0.271. The first kappa shape index (κ1) is 19.0. The molecule has 4 amide bonds. The predicted molar refractivity (Wildman–Crippen MR) is 105 cm³/mol. The normalized spacial score (nSPS) is 30.2. The van der Waals surface area contributed by atoms with Gasteiger partial charge >= 0.3 is 6.03 Å². The quantitative estimate of drug-likeness (QED) is 0.812. The second-order valence-electron chi connectivity index (χ2n) is 8.41. The average molecular weight is 383 g/mol. The predicted octanol–water partition coefficient (Wildman–Crippen LogP) is 3.24. The molecule has 1 N–H and O–H groups in total. The minimum Gasteiger partial charge on any atom is -0.334 e. The second kappa shape index (κ2) is 7.57. The summed E-state index contributed by atoms with van der Waals surface area (Å²) in [6.07, 6.45) is 6.22. The zero-order valence-corrected chi connectivity index (χ0v) is 16.5. The zero-order chi connectivity index (χ0) is 19.7. The van der Waals surface area contributed by atoms with E-state index in [2.05, 4.69) is 12.2 Å². The molecule has 2 saturated heterocycles. The molecule has 1 aromatic rings. The van der Waals surface area contributed by atoms with Crippen molar-refractivity contribution in [1.82, 2.24) is 15.1 Å². The summed E-state index contributed by atoms with van der Waals surface area (Å²) in [6.45, 7) is 2.68. The van der Waals surface area contributed by atoms with Crippen molar-refractivity contribution >= 4 is 17.8 Å². The van der Waals surface area contributed by atoms with Crippen LogP contribution in [-0.4, -0.2) is 46.3 Å². The molecule has 1 aromatic carbocycles. The lowest BCUT2D eigenvalue weighted by Gasteiger charge is -2.34. The topological polar surface area (TPSA) is 69.7 Å². The summed E-state index contributed by atoms with van der Waals surface area (Å²) in [5.41, 5.74) is 0.326. The molecule has 1 aliphatic carbocycles. The molecule has 0 aromatic heterocycles. The molecule has 6 heteroatoms. The van der Waals surface area contributed by atoms with Crippen molar-refractivity contribution < 1.29 is 14.4 Å². The van der Waals surface area contributed by atoms with Gasteiger partial charge < -0.3 is 10.2 Å². The van der Waals surface area contributed by atoms with Crippen molar-refractivity contribution in [2.75, 3.05) is 13.1 Å². The van der Waals surface area contributed by atoms with Crippen LogP contribution in [0, 0.1) is 5.92 Å².